The molecule has 0 spiro atoms. The van der Waals surface area contributed by atoms with E-state index < -0.39 is 41.3 Å². The van der Waals surface area contributed by atoms with Crippen LogP contribution in [-0.4, -0.2) is 36.1 Å². The fourth-order valence-electron chi connectivity index (χ4n) is 2.29. The van der Waals surface area contributed by atoms with Crippen LogP contribution in [0.25, 0.3) is 0 Å². The predicted molar refractivity (Wildman–Crippen MR) is 105 cm³/mol. The SMILES string of the molecule is C=CCOC(=O)C(OCC(=O)c1cccc(Oc2ccc(C(F)(F)F)cc2Cl)c1)[N+](=O)[O-]. The molecule has 0 fully saturated rings. The van der Waals surface area contributed by atoms with Crippen molar-refractivity contribution in [1.29, 1.82) is 0 Å². The van der Waals surface area contributed by atoms with E-state index in [0.29, 0.717) is 6.07 Å². The quantitative estimate of drug-likeness (QED) is 0.123. The van der Waals surface area contributed by atoms with Gasteiger partial charge in [-0.25, -0.2) is 4.79 Å². The first kappa shape index (κ1) is 24.8. The van der Waals surface area contributed by atoms with Crippen molar-refractivity contribution in [2.45, 2.75) is 12.4 Å². The summed E-state index contributed by atoms with van der Waals surface area (Å²) in [5, 5.41) is 10.7. The fourth-order valence-corrected chi connectivity index (χ4v) is 2.50. The van der Waals surface area contributed by atoms with Crippen LogP contribution in [0.15, 0.2) is 55.1 Å². The maximum absolute atomic E-state index is 12.7. The van der Waals surface area contributed by atoms with Crippen molar-refractivity contribution in [1.82, 2.24) is 0 Å². The van der Waals surface area contributed by atoms with Crippen LogP contribution in [-0.2, 0) is 20.4 Å². The van der Waals surface area contributed by atoms with Crippen LogP contribution in [0.2, 0.25) is 5.02 Å². The summed E-state index contributed by atoms with van der Waals surface area (Å²) in [6, 6.07) is 7.92. The molecule has 1 atom stereocenters. The van der Waals surface area contributed by atoms with E-state index >= 15 is 0 Å². The number of Topliss-reactive ketones (excluding diaryl/α,β-unsaturated/α-hetero) is 1. The molecule has 0 N–H and O–H groups in total. The van der Waals surface area contributed by atoms with Crippen LogP contribution in [0, 0.1) is 10.1 Å². The number of nitro groups is 1. The molecule has 8 nitrogen and oxygen atoms in total. The monoisotopic (exact) mass is 473 g/mol. The summed E-state index contributed by atoms with van der Waals surface area (Å²) in [7, 11) is 0. The topological polar surface area (TPSA) is 105 Å². The summed E-state index contributed by atoms with van der Waals surface area (Å²) >= 11 is 5.84. The summed E-state index contributed by atoms with van der Waals surface area (Å²) in [6.45, 7) is 2.21. The number of ether oxygens (including phenoxy) is 3. The number of hydrogen-bond acceptors (Lipinski definition) is 7. The molecule has 0 radical (unpaired) electrons. The maximum atomic E-state index is 12.7. The smallest absolute Gasteiger partial charge is 0.416 e. The lowest BCUT2D eigenvalue weighted by Gasteiger charge is -2.12. The Hall–Kier alpha value is -3.44. The molecule has 2 rings (SSSR count). The van der Waals surface area contributed by atoms with Crippen molar-refractivity contribution in [2.75, 3.05) is 13.2 Å². The maximum Gasteiger partial charge on any atom is 0.416 e. The highest BCUT2D eigenvalue weighted by Crippen LogP contribution is 2.36. The number of nitrogens with zero attached hydrogens (tertiary/aromatic N) is 1. The van der Waals surface area contributed by atoms with Crippen LogP contribution in [0.1, 0.15) is 15.9 Å². The van der Waals surface area contributed by atoms with Gasteiger partial charge in [0.2, 0.25) is 0 Å². The standard InChI is InChI=1S/C20H15ClF3NO7/c1-2-8-30-19(27)18(25(28)29)31-11-16(26)12-4-3-5-14(9-12)32-17-7-6-13(10-15(17)21)20(22,23)24/h2-7,9-10,18H,1,8,11H2. The van der Waals surface area contributed by atoms with E-state index in [2.05, 4.69) is 11.3 Å². The molecule has 0 heterocycles. The van der Waals surface area contributed by atoms with E-state index in [1.165, 1.54) is 30.3 Å². The number of esters is 1. The second-order valence-corrected chi connectivity index (χ2v) is 6.47. The first-order chi connectivity index (χ1) is 15.0. The summed E-state index contributed by atoms with van der Waals surface area (Å²) < 4.78 is 52.9. The van der Waals surface area contributed by atoms with Gasteiger partial charge in [-0.1, -0.05) is 36.4 Å². The molecular weight excluding hydrogens is 459 g/mol. The third-order valence-electron chi connectivity index (χ3n) is 3.75. The number of alkyl halides is 3. The fraction of sp³-hybridized carbons (Fsp3) is 0.200. The summed E-state index contributed by atoms with van der Waals surface area (Å²) in [6.07, 6.45) is -5.58. The Morgan fingerprint density at radius 3 is 2.53 bits per heavy atom. The van der Waals surface area contributed by atoms with Crippen molar-refractivity contribution in [3.05, 3.63) is 81.4 Å². The highest BCUT2D eigenvalue weighted by atomic mass is 35.5. The van der Waals surface area contributed by atoms with E-state index in [1.54, 1.807) is 0 Å². The van der Waals surface area contributed by atoms with E-state index in [9.17, 15) is 32.9 Å². The summed E-state index contributed by atoms with van der Waals surface area (Å²) in [5.41, 5.74) is -0.949. The number of benzene rings is 2. The molecule has 0 aromatic heterocycles. The van der Waals surface area contributed by atoms with Gasteiger partial charge in [0.05, 0.1) is 15.5 Å². The van der Waals surface area contributed by atoms with E-state index in [4.69, 9.17) is 21.1 Å². The Balaban J connectivity index is 2.09. The van der Waals surface area contributed by atoms with Gasteiger partial charge in [-0.3, -0.25) is 19.6 Å². The van der Waals surface area contributed by atoms with Crippen LogP contribution >= 0.6 is 11.6 Å². The molecule has 1 unspecified atom stereocenters. The minimum Gasteiger partial charge on any atom is -0.456 e. The van der Waals surface area contributed by atoms with E-state index in [-0.39, 0.29) is 28.7 Å². The van der Waals surface area contributed by atoms with Crippen molar-refractivity contribution in [2.24, 2.45) is 0 Å². The average Bonchev–Trinajstić information content (AvgIpc) is 2.72. The highest BCUT2D eigenvalue weighted by molar-refractivity contribution is 6.32. The number of halogens is 4. The van der Waals surface area contributed by atoms with E-state index in [0.717, 1.165) is 12.1 Å². The predicted octanol–water partition coefficient (Wildman–Crippen LogP) is 4.68. The largest absolute Gasteiger partial charge is 0.456 e. The molecule has 0 amide bonds. The normalized spacial score (nSPS) is 12.0. The lowest BCUT2D eigenvalue weighted by atomic mass is 10.1. The van der Waals surface area contributed by atoms with Crippen molar-refractivity contribution in [3.8, 4) is 11.5 Å². The molecule has 0 aliphatic rings. The lowest BCUT2D eigenvalue weighted by Crippen LogP contribution is -2.35. The Bertz CT molecular complexity index is 1030. The second kappa shape index (κ2) is 10.7. The zero-order valence-electron chi connectivity index (χ0n) is 16.1. The molecule has 2 aromatic rings. The summed E-state index contributed by atoms with van der Waals surface area (Å²) in [4.78, 5) is 33.8. The Kier molecular flexibility index (Phi) is 8.33. The van der Waals surface area contributed by atoms with Gasteiger partial charge in [-0.2, -0.15) is 13.2 Å². The summed E-state index contributed by atoms with van der Waals surface area (Å²) in [5.74, 6) is -2.04. The van der Waals surface area contributed by atoms with Gasteiger partial charge in [-0.05, 0) is 30.3 Å². The van der Waals surface area contributed by atoms with Crippen LogP contribution in [0.4, 0.5) is 13.2 Å². The number of carbonyl (C=O) groups excluding carboxylic acids is 2. The molecular formula is C20H15ClF3NO7. The van der Waals surface area contributed by atoms with Gasteiger partial charge < -0.3 is 9.47 Å². The van der Waals surface area contributed by atoms with Gasteiger partial charge in [0.1, 0.15) is 24.7 Å². The number of hydrogen-bond donors (Lipinski definition) is 0. The zero-order valence-corrected chi connectivity index (χ0v) is 16.9. The third kappa shape index (κ3) is 6.79. The van der Waals surface area contributed by atoms with Crippen LogP contribution < -0.4 is 4.74 Å². The Morgan fingerprint density at radius 2 is 1.94 bits per heavy atom. The average molecular weight is 474 g/mol. The lowest BCUT2D eigenvalue weighted by molar-refractivity contribution is -0.560. The zero-order chi connectivity index (χ0) is 23.9. The molecule has 32 heavy (non-hydrogen) atoms. The first-order valence-corrected chi connectivity index (χ1v) is 9.11. The Morgan fingerprint density at radius 1 is 1.22 bits per heavy atom. The molecule has 0 saturated heterocycles. The second-order valence-electron chi connectivity index (χ2n) is 6.06. The molecule has 0 bridgehead atoms. The minimum atomic E-state index is -4.58. The van der Waals surface area contributed by atoms with Crippen molar-refractivity contribution >= 4 is 23.4 Å². The molecule has 0 aliphatic carbocycles. The number of rotatable bonds is 10. The Labute approximate surface area is 184 Å². The van der Waals surface area contributed by atoms with Crippen LogP contribution in [0.3, 0.4) is 0 Å². The first-order valence-electron chi connectivity index (χ1n) is 8.73. The molecule has 12 heteroatoms. The number of ketones is 1. The van der Waals surface area contributed by atoms with Crippen molar-refractivity contribution in [3.63, 3.8) is 0 Å². The van der Waals surface area contributed by atoms with Gasteiger partial charge in [-0.15, -0.1) is 0 Å². The number of carbonyl (C=O) groups is 2. The highest BCUT2D eigenvalue weighted by Gasteiger charge is 2.33. The van der Waals surface area contributed by atoms with Crippen LogP contribution in [0.5, 0.6) is 11.5 Å². The minimum absolute atomic E-state index is 0.00657. The van der Waals surface area contributed by atoms with Crippen molar-refractivity contribution < 1.29 is 41.9 Å². The van der Waals surface area contributed by atoms with Gasteiger partial charge in [0, 0.05) is 5.56 Å². The van der Waals surface area contributed by atoms with E-state index in [1.807, 2.05) is 0 Å². The third-order valence-corrected chi connectivity index (χ3v) is 4.05. The van der Waals surface area contributed by atoms with Gasteiger partial charge in [0.15, 0.2) is 5.78 Å². The molecule has 2 aromatic carbocycles. The van der Waals surface area contributed by atoms with Gasteiger partial charge >= 0.3 is 18.4 Å². The molecule has 0 saturated carbocycles. The molecule has 170 valence electrons. The molecule has 0 aliphatic heterocycles. The van der Waals surface area contributed by atoms with Gasteiger partial charge in [0.25, 0.3) is 0 Å².